The Morgan fingerprint density at radius 1 is 1.50 bits per heavy atom. The first-order valence-corrected chi connectivity index (χ1v) is 6.36. The second-order valence-corrected chi connectivity index (χ2v) is 4.74. The minimum atomic E-state index is -0.0531. The molecule has 0 saturated heterocycles. The number of anilines is 1. The van der Waals surface area contributed by atoms with Crippen molar-refractivity contribution in [3.05, 3.63) is 40.4 Å². The Bertz CT molecular complexity index is 579. The van der Waals surface area contributed by atoms with Crippen LogP contribution in [-0.2, 0) is 13.0 Å². The number of nitrogen functional groups attached to an aromatic ring is 1. The standard InChI is InChI=1S/C12H13BrN4O/c1-2-17-12(15-7-16-17)6-11(18)9-4-3-8(13)5-10(9)14/h3-5,7H,2,6,14H2,1H3. The van der Waals surface area contributed by atoms with Crippen LogP contribution in [0.3, 0.4) is 0 Å². The van der Waals surface area contributed by atoms with Gasteiger partial charge in [-0.2, -0.15) is 5.10 Å². The van der Waals surface area contributed by atoms with Crippen molar-refractivity contribution in [2.45, 2.75) is 19.9 Å². The molecule has 0 spiro atoms. The number of aromatic nitrogens is 3. The van der Waals surface area contributed by atoms with E-state index >= 15 is 0 Å². The van der Waals surface area contributed by atoms with E-state index in [9.17, 15) is 4.79 Å². The molecule has 2 N–H and O–H groups in total. The highest BCUT2D eigenvalue weighted by Crippen LogP contribution is 2.19. The van der Waals surface area contributed by atoms with Crippen LogP contribution in [-0.4, -0.2) is 20.5 Å². The van der Waals surface area contributed by atoms with E-state index in [0.717, 1.165) is 4.47 Å². The summed E-state index contributed by atoms with van der Waals surface area (Å²) in [6, 6.07) is 5.24. The van der Waals surface area contributed by atoms with E-state index in [1.165, 1.54) is 6.33 Å². The van der Waals surface area contributed by atoms with Crippen LogP contribution in [0.2, 0.25) is 0 Å². The lowest BCUT2D eigenvalue weighted by Crippen LogP contribution is -2.12. The van der Waals surface area contributed by atoms with Crippen LogP contribution in [0.15, 0.2) is 29.0 Å². The molecule has 0 unspecified atom stereocenters. The number of carbonyl (C=O) groups is 1. The van der Waals surface area contributed by atoms with Crippen LogP contribution in [0.25, 0.3) is 0 Å². The first kappa shape index (κ1) is 12.8. The van der Waals surface area contributed by atoms with Gasteiger partial charge >= 0.3 is 0 Å². The fourth-order valence-corrected chi connectivity index (χ4v) is 2.09. The lowest BCUT2D eigenvalue weighted by atomic mass is 10.1. The van der Waals surface area contributed by atoms with Crippen LogP contribution in [0.1, 0.15) is 23.1 Å². The van der Waals surface area contributed by atoms with Crippen LogP contribution in [0.4, 0.5) is 5.69 Å². The molecule has 0 fully saturated rings. The molecule has 0 aliphatic heterocycles. The lowest BCUT2D eigenvalue weighted by molar-refractivity contribution is 0.0990. The summed E-state index contributed by atoms with van der Waals surface area (Å²) < 4.78 is 2.56. The molecule has 0 bridgehead atoms. The van der Waals surface area contributed by atoms with Crippen LogP contribution in [0.5, 0.6) is 0 Å². The van der Waals surface area contributed by atoms with Gasteiger partial charge in [0.1, 0.15) is 12.2 Å². The lowest BCUT2D eigenvalue weighted by Gasteiger charge is -2.06. The molecule has 0 saturated carbocycles. The zero-order chi connectivity index (χ0) is 13.1. The fourth-order valence-electron chi connectivity index (χ4n) is 1.72. The second-order valence-electron chi connectivity index (χ2n) is 3.82. The average molecular weight is 309 g/mol. The molecular weight excluding hydrogens is 296 g/mol. The number of carbonyl (C=O) groups excluding carboxylic acids is 1. The Labute approximate surface area is 113 Å². The van der Waals surface area contributed by atoms with E-state index < -0.39 is 0 Å². The summed E-state index contributed by atoms with van der Waals surface area (Å²) in [6.45, 7) is 2.65. The monoisotopic (exact) mass is 308 g/mol. The first-order valence-electron chi connectivity index (χ1n) is 5.56. The van der Waals surface area contributed by atoms with Gasteiger partial charge in [-0.3, -0.25) is 4.79 Å². The van der Waals surface area contributed by atoms with E-state index in [2.05, 4.69) is 26.0 Å². The Morgan fingerprint density at radius 3 is 2.94 bits per heavy atom. The van der Waals surface area contributed by atoms with Crippen molar-refractivity contribution in [1.82, 2.24) is 14.8 Å². The Morgan fingerprint density at radius 2 is 2.28 bits per heavy atom. The largest absolute Gasteiger partial charge is 0.398 e. The van der Waals surface area contributed by atoms with Gasteiger partial charge in [0.15, 0.2) is 5.78 Å². The Kier molecular flexibility index (Phi) is 3.76. The maximum atomic E-state index is 12.1. The third kappa shape index (κ3) is 2.59. The Hall–Kier alpha value is -1.69. The van der Waals surface area contributed by atoms with Gasteiger partial charge in [0.25, 0.3) is 0 Å². The minimum Gasteiger partial charge on any atom is -0.398 e. The highest BCUT2D eigenvalue weighted by atomic mass is 79.9. The number of hydrogen-bond donors (Lipinski definition) is 1. The van der Waals surface area contributed by atoms with E-state index in [1.54, 1.807) is 22.9 Å². The highest BCUT2D eigenvalue weighted by molar-refractivity contribution is 9.10. The SMILES string of the molecule is CCn1ncnc1CC(=O)c1ccc(Br)cc1N. The molecule has 0 aliphatic carbocycles. The van der Waals surface area contributed by atoms with Crippen molar-refractivity contribution >= 4 is 27.4 Å². The van der Waals surface area contributed by atoms with Gasteiger partial charge in [-0.05, 0) is 25.1 Å². The number of nitrogens with two attached hydrogens (primary N) is 1. The molecule has 18 heavy (non-hydrogen) atoms. The van der Waals surface area contributed by atoms with Crippen molar-refractivity contribution in [3.8, 4) is 0 Å². The van der Waals surface area contributed by atoms with Gasteiger partial charge in [-0.1, -0.05) is 15.9 Å². The number of benzene rings is 1. The van der Waals surface area contributed by atoms with Crippen molar-refractivity contribution in [3.63, 3.8) is 0 Å². The topological polar surface area (TPSA) is 73.8 Å². The van der Waals surface area contributed by atoms with Crippen molar-refractivity contribution in [1.29, 1.82) is 0 Å². The number of ketones is 1. The molecule has 1 aromatic carbocycles. The van der Waals surface area contributed by atoms with Crippen molar-refractivity contribution in [2.75, 3.05) is 5.73 Å². The molecule has 6 heteroatoms. The van der Waals surface area contributed by atoms with Crippen LogP contribution < -0.4 is 5.73 Å². The molecule has 5 nitrogen and oxygen atoms in total. The third-order valence-electron chi connectivity index (χ3n) is 2.63. The van der Waals surface area contributed by atoms with Crippen molar-refractivity contribution in [2.24, 2.45) is 0 Å². The van der Waals surface area contributed by atoms with Gasteiger partial charge in [0.05, 0.1) is 6.42 Å². The van der Waals surface area contributed by atoms with Crippen LogP contribution >= 0.6 is 15.9 Å². The zero-order valence-electron chi connectivity index (χ0n) is 9.93. The zero-order valence-corrected chi connectivity index (χ0v) is 11.5. The molecule has 1 aromatic heterocycles. The molecule has 2 rings (SSSR count). The summed E-state index contributed by atoms with van der Waals surface area (Å²) in [5.74, 6) is 0.604. The van der Waals surface area contributed by atoms with Gasteiger partial charge in [0, 0.05) is 22.3 Å². The van der Waals surface area contributed by atoms with E-state index in [1.807, 2.05) is 6.92 Å². The summed E-state index contributed by atoms with van der Waals surface area (Å²) in [6.07, 6.45) is 1.66. The van der Waals surface area contributed by atoms with Gasteiger partial charge in [0.2, 0.25) is 0 Å². The molecule has 0 radical (unpaired) electrons. The molecular formula is C12H13BrN4O. The number of rotatable bonds is 4. The maximum Gasteiger partial charge on any atom is 0.172 e. The summed E-state index contributed by atoms with van der Waals surface area (Å²) in [4.78, 5) is 16.2. The van der Waals surface area contributed by atoms with Crippen molar-refractivity contribution < 1.29 is 4.79 Å². The average Bonchev–Trinajstić information content (AvgIpc) is 2.76. The van der Waals surface area contributed by atoms with Gasteiger partial charge in [-0.15, -0.1) is 0 Å². The molecule has 94 valence electrons. The molecule has 0 aliphatic rings. The number of hydrogen-bond acceptors (Lipinski definition) is 4. The molecule has 2 aromatic rings. The Balaban J connectivity index is 2.22. The number of Topliss-reactive ketones (excluding diaryl/α,β-unsaturated/α-hetero) is 1. The normalized spacial score (nSPS) is 10.6. The predicted octanol–water partition coefficient (Wildman–Crippen LogP) is 2.07. The summed E-state index contributed by atoms with van der Waals surface area (Å²) in [7, 11) is 0. The fraction of sp³-hybridized carbons (Fsp3) is 0.250. The predicted molar refractivity (Wildman–Crippen MR) is 72.3 cm³/mol. The number of aryl methyl sites for hydroxylation is 1. The molecule has 0 atom stereocenters. The van der Waals surface area contributed by atoms with E-state index in [4.69, 9.17) is 5.73 Å². The van der Waals surface area contributed by atoms with E-state index in [0.29, 0.717) is 23.6 Å². The summed E-state index contributed by atoms with van der Waals surface area (Å²) in [5, 5.41) is 4.03. The van der Waals surface area contributed by atoms with E-state index in [-0.39, 0.29) is 12.2 Å². The summed E-state index contributed by atoms with van der Waals surface area (Å²) in [5.41, 5.74) is 6.81. The quantitative estimate of drug-likeness (QED) is 0.693. The van der Waals surface area contributed by atoms with Crippen LogP contribution in [0, 0.1) is 0 Å². The first-order chi connectivity index (χ1) is 8.61. The molecule has 0 amide bonds. The second kappa shape index (κ2) is 5.30. The third-order valence-corrected chi connectivity index (χ3v) is 3.12. The van der Waals surface area contributed by atoms with Gasteiger partial charge in [-0.25, -0.2) is 9.67 Å². The number of halogens is 1. The highest BCUT2D eigenvalue weighted by Gasteiger charge is 2.14. The minimum absolute atomic E-state index is 0.0531. The summed E-state index contributed by atoms with van der Waals surface area (Å²) >= 11 is 3.31. The van der Waals surface area contributed by atoms with Gasteiger partial charge < -0.3 is 5.73 Å². The maximum absolute atomic E-state index is 12.1. The molecule has 1 heterocycles. The number of nitrogens with zero attached hydrogens (tertiary/aromatic N) is 3. The smallest absolute Gasteiger partial charge is 0.172 e.